The zero-order valence-electron chi connectivity index (χ0n) is 22.3. The lowest BCUT2D eigenvalue weighted by molar-refractivity contribution is 0.0716. The van der Waals surface area contributed by atoms with Gasteiger partial charge in [-0.3, -0.25) is 0 Å². The number of carbonyl (C=O) groups excluding carboxylic acids is 2. The zero-order valence-corrected chi connectivity index (χ0v) is 22.3. The van der Waals surface area contributed by atoms with Crippen molar-refractivity contribution in [1.29, 1.82) is 0 Å². The molecule has 6 rings (SSSR count). The first-order valence-electron chi connectivity index (χ1n) is 13.3. The quantitative estimate of drug-likeness (QED) is 0.139. The summed E-state index contributed by atoms with van der Waals surface area (Å²) in [5.41, 5.74) is 0.717. The molecular weight excluding hydrogens is 528 g/mol. The van der Waals surface area contributed by atoms with Gasteiger partial charge >= 0.3 is 11.9 Å². The van der Waals surface area contributed by atoms with E-state index in [1.54, 1.807) is 97.1 Å². The standard InChI is InChI=1S/C36H24O6/c37-35(25-15-5-1-6-16-25)41-31-29-23-13-14-24-30(29)32(42-36(38)26-17-7-2-8-18-26)34(40-28-21-11-4-12-22-28)33(31)39-27-19-9-3-10-20-27/h1-24H. The summed E-state index contributed by atoms with van der Waals surface area (Å²) in [6.07, 6.45) is 0. The molecule has 0 heterocycles. The fourth-order valence-electron chi connectivity index (χ4n) is 4.38. The van der Waals surface area contributed by atoms with Crippen LogP contribution in [-0.2, 0) is 0 Å². The first kappa shape index (κ1) is 26.3. The molecule has 0 unspecified atom stereocenters. The third kappa shape index (κ3) is 5.69. The third-order valence-corrected chi connectivity index (χ3v) is 6.37. The van der Waals surface area contributed by atoms with E-state index in [9.17, 15) is 9.59 Å². The number of hydrogen-bond acceptors (Lipinski definition) is 6. The summed E-state index contributed by atoms with van der Waals surface area (Å²) in [5.74, 6) is 0.137. The molecule has 0 N–H and O–H groups in total. The molecule has 0 bridgehead atoms. The molecule has 0 saturated heterocycles. The molecule has 0 aromatic heterocycles. The van der Waals surface area contributed by atoms with Crippen LogP contribution in [0.15, 0.2) is 146 Å². The minimum absolute atomic E-state index is 0.0731. The lowest BCUT2D eigenvalue weighted by Crippen LogP contribution is -2.12. The SMILES string of the molecule is O=C(Oc1c(Oc2ccccc2)c(Oc2ccccc2)c(OC(=O)c2ccccc2)c2ccccc12)c1ccccc1. The van der Waals surface area contributed by atoms with E-state index in [2.05, 4.69) is 0 Å². The molecule has 6 aromatic carbocycles. The average molecular weight is 553 g/mol. The molecule has 6 nitrogen and oxygen atoms in total. The summed E-state index contributed by atoms with van der Waals surface area (Å²) in [6.45, 7) is 0. The fourth-order valence-corrected chi connectivity index (χ4v) is 4.38. The minimum Gasteiger partial charge on any atom is -0.449 e. The first-order valence-corrected chi connectivity index (χ1v) is 13.3. The summed E-state index contributed by atoms with van der Waals surface area (Å²) in [6, 6.07) is 42.5. The number of carbonyl (C=O) groups is 2. The second-order valence-corrected chi connectivity index (χ2v) is 9.20. The van der Waals surface area contributed by atoms with E-state index in [-0.39, 0.29) is 23.0 Å². The topological polar surface area (TPSA) is 71.1 Å². The molecule has 0 aliphatic rings. The Kier molecular flexibility index (Phi) is 7.59. The highest BCUT2D eigenvalue weighted by atomic mass is 16.6. The van der Waals surface area contributed by atoms with Crippen molar-refractivity contribution in [2.75, 3.05) is 0 Å². The molecule has 0 aliphatic carbocycles. The second kappa shape index (κ2) is 12.1. The molecule has 0 amide bonds. The number of para-hydroxylation sites is 2. The van der Waals surface area contributed by atoms with Gasteiger partial charge in [-0.15, -0.1) is 0 Å². The molecule has 0 atom stereocenters. The van der Waals surface area contributed by atoms with Crippen molar-refractivity contribution in [2.24, 2.45) is 0 Å². The van der Waals surface area contributed by atoms with Gasteiger partial charge in [0.15, 0.2) is 11.5 Å². The van der Waals surface area contributed by atoms with Crippen LogP contribution in [0.5, 0.6) is 34.5 Å². The molecular formula is C36H24O6. The molecule has 0 saturated carbocycles. The van der Waals surface area contributed by atoms with Gasteiger partial charge in [-0.2, -0.15) is 0 Å². The Morgan fingerprint density at radius 3 is 1.02 bits per heavy atom. The van der Waals surface area contributed by atoms with E-state index in [0.29, 0.717) is 33.4 Å². The maximum atomic E-state index is 13.4. The van der Waals surface area contributed by atoms with Crippen LogP contribution >= 0.6 is 0 Å². The van der Waals surface area contributed by atoms with Gasteiger partial charge in [0.2, 0.25) is 11.5 Å². The number of fused-ring (bicyclic) bond motifs is 1. The minimum atomic E-state index is -0.585. The third-order valence-electron chi connectivity index (χ3n) is 6.37. The largest absolute Gasteiger partial charge is 0.449 e. The van der Waals surface area contributed by atoms with Gasteiger partial charge in [0.25, 0.3) is 0 Å². The smallest absolute Gasteiger partial charge is 0.343 e. The summed E-state index contributed by atoms with van der Waals surface area (Å²) in [7, 11) is 0. The Hall–Kier alpha value is -5.88. The van der Waals surface area contributed by atoms with E-state index in [4.69, 9.17) is 18.9 Å². The summed E-state index contributed by atoms with van der Waals surface area (Å²) in [4.78, 5) is 26.8. The van der Waals surface area contributed by atoms with Crippen molar-refractivity contribution in [3.05, 3.63) is 157 Å². The van der Waals surface area contributed by atoms with E-state index in [1.165, 1.54) is 0 Å². The molecule has 204 valence electrons. The Bertz CT molecular complexity index is 1700. The normalized spacial score (nSPS) is 10.6. The highest BCUT2D eigenvalue weighted by molar-refractivity contribution is 6.04. The van der Waals surface area contributed by atoms with E-state index in [1.807, 2.05) is 48.5 Å². The Labute approximate surface area is 242 Å². The number of hydrogen-bond donors (Lipinski definition) is 0. The Morgan fingerprint density at radius 1 is 0.357 bits per heavy atom. The van der Waals surface area contributed by atoms with Crippen molar-refractivity contribution in [3.8, 4) is 34.5 Å². The predicted molar refractivity (Wildman–Crippen MR) is 160 cm³/mol. The lowest BCUT2D eigenvalue weighted by Gasteiger charge is -2.21. The van der Waals surface area contributed by atoms with Gasteiger partial charge in [-0.1, -0.05) is 97.1 Å². The van der Waals surface area contributed by atoms with Crippen LogP contribution in [0.2, 0.25) is 0 Å². The monoisotopic (exact) mass is 552 g/mol. The van der Waals surface area contributed by atoms with Crippen LogP contribution in [0.25, 0.3) is 10.8 Å². The Balaban J connectivity index is 1.60. The molecule has 0 aliphatic heterocycles. The number of ether oxygens (including phenoxy) is 4. The Morgan fingerprint density at radius 2 is 0.667 bits per heavy atom. The molecule has 0 radical (unpaired) electrons. The molecule has 0 spiro atoms. The van der Waals surface area contributed by atoms with Crippen molar-refractivity contribution in [1.82, 2.24) is 0 Å². The lowest BCUT2D eigenvalue weighted by atomic mass is 10.1. The fraction of sp³-hybridized carbons (Fsp3) is 0. The van der Waals surface area contributed by atoms with Gasteiger partial charge in [0, 0.05) is 10.8 Å². The first-order chi connectivity index (χ1) is 20.7. The molecule has 6 aromatic rings. The second-order valence-electron chi connectivity index (χ2n) is 9.20. The number of benzene rings is 6. The van der Waals surface area contributed by atoms with Gasteiger partial charge < -0.3 is 18.9 Å². The van der Waals surface area contributed by atoms with Crippen molar-refractivity contribution < 1.29 is 28.5 Å². The maximum Gasteiger partial charge on any atom is 0.343 e. The molecule has 0 fully saturated rings. The van der Waals surface area contributed by atoms with Crippen LogP contribution in [0, 0.1) is 0 Å². The van der Waals surface area contributed by atoms with Crippen LogP contribution in [0.3, 0.4) is 0 Å². The van der Waals surface area contributed by atoms with Crippen LogP contribution in [-0.4, -0.2) is 11.9 Å². The van der Waals surface area contributed by atoms with Crippen LogP contribution in [0.4, 0.5) is 0 Å². The number of esters is 2. The van der Waals surface area contributed by atoms with Crippen molar-refractivity contribution >= 4 is 22.7 Å². The van der Waals surface area contributed by atoms with Crippen LogP contribution in [0.1, 0.15) is 20.7 Å². The summed E-state index contributed by atoms with van der Waals surface area (Å²) < 4.78 is 24.9. The van der Waals surface area contributed by atoms with E-state index in [0.717, 1.165) is 0 Å². The predicted octanol–water partition coefficient (Wildman–Crippen LogP) is 8.86. The van der Waals surface area contributed by atoms with Gasteiger partial charge in [-0.25, -0.2) is 9.59 Å². The average Bonchev–Trinajstić information content (AvgIpc) is 3.05. The summed E-state index contributed by atoms with van der Waals surface area (Å²) >= 11 is 0. The van der Waals surface area contributed by atoms with Gasteiger partial charge in [-0.05, 0) is 48.5 Å². The van der Waals surface area contributed by atoms with Gasteiger partial charge in [0.1, 0.15) is 11.5 Å². The van der Waals surface area contributed by atoms with Crippen LogP contribution < -0.4 is 18.9 Å². The zero-order chi connectivity index (χ0) is 28.7. The highest BCUT2D eigenvalue weighted by Crippen LogP contribution is 2.54. The van der Waals surface area contributed by atoms with Gasteiger partial charge in [0.05, 0.1) is 11.1 Å². The van der Waals surface area contributed by atoms with E-state index >= 15 is 0 Å². The molecule has 42 heavy (non-hydrogen) atoms. The van der Waals surface area contributed by atoms with E-state index < -0.39 is 11.9 Å². The number of rotatable bonds is 8. The highest BCUT2D eigenvalue weighted by Gasteiger charge is 2.29. The van der Waals surface area contributed by atoms with Crippen molar-refractivity contribution in [3.63, 3.8) is 0 Å². The molecule has 6 heteroatoms. The maximum absolute atomic E-state index is 13.4. The summed E-state index contributed by atoms with van der Waals surface area (Å²) in [5, 5.41) is 0.980. The van der Waals surface area contributed by atoms with Crippen molar-refractivity contribution in [2.45, 2.75) is 0 Å².